The predicted molar refractivity (Wildman–Crippen MR) is 151 cm³/mol. The molecule has 0 atom stereocenters. The Balaban J connectivity index is 1.66. The van der Waals surface area contributed by atoms with Gasteiger partial charge in [-0.1, -0.05) is 92.7 Å². The number of nitrogens with zero attached hydrogens (tertiary/aromatic N) is 2. The first kappa shape index (κ1) is 19.8. The molecular formula is C34H24N2. The van der Waals surface area contributed by atoms with Crippen LogP contribution < -0.4 is 0 Å². The molecule has 0 saturated heterocycles. The summed E-state index contributed by atoms with van der Waals surface area (Å²) >= 11 is 0. The number of hydrogen-bond donors (Lipinski definition) is 0. The number of benzene rings is 5. The van der Waals surface area contributed by atoms with Crippen LogP contribution in [0.2, 0.25) is 0 Å². The van der Waals surface area contributed by atoms with E-state index in [2.05, 4.69) is 120 Å². The minimum atomic E-state index is -0.0736. The van der Waals surface area contributed by atoms with Crippen molar-refractivity contribution in [3.63, 3.8) is 0 Å². The van der Waals surface area contributed by atoms with E-state index in [1.54, 1.807) is 0 Å². The molecule has 5 aromatic carbocycles. The third-order valence-electron chi connectivity index (χ3n) is 8.17. The van der Waals surface area contributed by atoms with Crippen LogP contribution in [0, 0.1) is 0 Å². The van der Waals surface area contributed by atoms with Gasteiger partial charge in [-0.3, -0.25) is 4.98 Å². The number of aromatic nitrogens is 2. The van der Waals surface area contributed by atoms with Crippen LogP contribution in [0.1, 0.15) is 25.0 Å². The molecule has 0 spiro atoms. The Morgan fingerprint density at radius 2 is 1.44 bits per heavy atom. The molecule has 36 heavy (non-hydrogen) atoms. The summed E-state index contributed by atoms with van der Waals surface area (Å²) in [6.45, 7) is 4.76. The van der Waals surface area contributed by atoms with Crippen LogP contribution in [0.5, 0.6) is 0 Å². The molecule has 0 N–H and O–H groups in total. The van der Waals surface area contributed by atoms with E-state index in [0.29, 0.717) is 0 Å². The highest BCUT2D eigenvalue weighted by Gasteiger charge is 2.39. The van der Waals surface area contributed by atoms with E-state index in [1.807, 2.05) is 12.3 Å². The summed E-state index contributed by atoms with van der Waals surface area (Å²) in [6, 6.07) is 37.6. The highest BCUT2D eigenvalue weighted by Crippen LogP contribution is 2.56. The zero-order valence-electron chi connectivity index (χ0n) is 20.3. The van der Waals surface area contributed by atoms with Gasteiger partial charge in [0.2, 0.25) is 0 Å². The molecule has 2 heteroatoms. The molecule has 0 fully saturated rings. The minimum absolute atomic E-state index is 0.0736. The molecule has 1 aliphatic carbocycles. The lowest BCUT2D eigenvalue weighted by atomic mass is 9.79. The van der Waals surface area contributed by atoms with Crippen molar-refractivity contribution in [2.24, 2.45) is 0 Å². The van der Waals surface area contributed by atoms with Crippen molar-refractivity contribution in [3.8, 4) is 16.8 Å². The zero-order valence-corrected chi connectivity index (χ0v) is 20.3. The minimum Gasteiger partial charge on any atom is -0.309 e. The number of pyridine rings is 1. The van der Waals surface area contributed by atoms with E-state index in [1.165, 1.54) is 54.8 Å². The fraction of sp³-hybridized carbons (Fsp3) is 0.0882. The molecule has 0 amide bonds. The molecule has 0 saturated carbocycles. The van der Waals surface area contributed by atoms with E-state index in [0.717, 1.165) is 16.6 Å². The summed E-state index contributed by atoms with van der Waals surface area (Å²) in [5.74, 6) is 0. The highest BCUT2D eigenvalue weighted by molar-refractivity contribution is 6.26. The Labute approximate surface area is 209 Å². The maximum Gasteiger partial charge on any atom is 0.0722 e. The Kier molecular flexibility index (Phi) is 3.76. The Hall–Kier alpha value is -4.43. The fourth-order valence-corrected chi connectivity index (χ4v) is 6.68. The average Bonchev–Trinajstić information content (AvgIpc) is 3.39. The molecule has 170 valence electrons. The number of hydrogen-bond acceptors (Lipinski definition) is 1. The van der Waals surface area contributed by atoms with Gasteiger partial charge >= 0.3 is 0 Å². The third kappa shape index (κ3) is 2.39. The fourth-order valence-electron chi connectivity index (χ4n) is 6.68. The van der Waals surface area contributed by atoms with Gasteiger partial charge in [0.05, 0.1) is 16.6 Å². The number of para-hydroxylation sites is 1. The molecule has 2 aromatic heterocycles. The van der Waals surface area contributed by atoms with Gasteiger partial charge in [0, 0.05) is 38.8 Å². The van der Waals surface area contributed by atoms with E-state index in [4.69, 9.17) is 0 Å². The molecule has 2 heterocycles. The van der Waals surface area contributed by atoms with E-state index >= 15 is 0 Å². The van der Waals surface area contributed by atoms with Gasteiger partial charge in [0.1, 0.15) is 0 Å². The molecule has 0 aliphatic heterocycles. The van der Waals surface area contributed by atoms with E-state index < -0.39 is 0 Å². The molecule has 2 nitrogen and oxygen atoms in total. The summed E-state index contributed by atoms with van der Waals surface area (Å²) in [6.07, 6.45) is 1.87. The summed E-state index contributed by atoms with van der Waals surface area (Å²) in [5.41, 5.74) is 10.2. The van der Waals surface area contributed by atoms with Crippen LogP contribution in [0.25, 0.3) is 60.3 Å². The van der Waals surface area contributed by atoms with Crippen molar-refractivity contribution in [2.75, 3.05) is 0 Å². The first-order chi connectivity index (χ1) is 17.6. The zero-order chi connectivity index (χ0) is 24.0. The van der Waals surface area contributed by atoms with Crippen molar-refractivity contribution in [3.05, 3.63) is 120 Å². The van der Waals surface area contributed by atoms with Gasteiger partial charge in [0.15, 0.2) is 0 Å². The van der Waals surface area contributed by atoms with Crippen LogP contribution in [-0.2, 0) is 5.41 Å². The van der Waals surface area contributed by atoms with E-state index in [-0.39, 0.29) is 5.41 Å². The number of fused-ring (bicyclic) bond motifs is 11. The first-order valence-electron chi connectivity index (χ1n) is 12.6. The maximum absolute atomic E-state index is 4.67. The van der Waals surface area contributed by atoms with Crippen molar-refractivity contribution in [1.82, 2.24) is 9.55 Å². The normalized spacial score (nSPS) is 14.1. The molecule has 7 aromatic rings. The first-order valence-corrected chi connectivity index (χ1v) is 12.6. The SMILES string of the molecule is CC1(C)c2ccccc2-c2c1c1ccccc1c1c2c2ccccc2n1-c1ccc2cccnc2c1. The van der Waals surface area contributed by atoms with Gasteiger partial charge in [-0.15, -0.1) is 0 Å². The van der Waals surface area contributed by atoms with Crippen molar-refractivity contribution in [2.45, 2.75) is 19.3 Å². The lowest BCUT2D eigenvalue weighted by molar-refractivity contribution is 0.666. The van der Waals surface area contributed by atoms with Crippen molar-refractivity contribution < 1.29 is 0 Å². The second kappa shape index (κ2) is 6.83. The summed E-state index contributed by atoms with van der Waals surface area (Å²) in [5, 5.41) is 6.43. The topological polar surface area (TPSA) is 17.8 Å². The van der Waals surface area contributed by atoms with E-state index in [9.17, 15) is 0 Å². The van der Waals surface area contributed by atoms with Gasteiger partial charge in [-0.25, -0.2) is 0 Å². The van der Waals surface area contributed by atoms with Crippen molar-refractivity contribution >= 4 is 43.5 Å². The molecular weight excluding hydrogens is 436 g/mol. The highest BCUT2D eigenvalue weighted by atomic mass is 15.0. The van der Waals surface area contributed by atoms with Crippen LogP contribution in [0.3, 0.4) is 0 Å². The molecule has 1 aliphatic rings. The van der Waals surface area contributed by atoms with Crippen LogP contribution in [-0.4, -0.2) is 9.55 Å². The van der Waals surface area contributed by atoms with Crippen LogP contribution >= 0.6 is 0 Å². The van der Waals surface area contributed by atoms with Gasteiger partial charge in [-0.05, 0) is 51.9 Å². The largest absolute Gasteiger partial charge is 0.309 e. The quantitative estimate of drug-likeness (QED) is 0.239. The standard InChI is InChI=1S/C34H24N2/c1-34(2)27-15-7-5-13-25(27)30-31-26-14-6-8-16-29(26)36(22-18-17-21-10-9-19-35-28(21)20-22)33(31)24-12-4-3-11-23(24)32(30)34/h3-20H,1-2H3. The summed E-state index contributed by atoms with van der Waals surface area (Å²) in [4.78, 5) is 4.67. The predicted octanol–water partition coefficient (Wildman–Crippen LogP) is 8.79. The molecule has 0 radical (unpaired) electrons. The van der Waals surface area contributed by atoms with Crippen molar-refractivity contribution in [1.29, 1.82) is 0 Å². The maximum atomic E-state index is 4.67. The van der Waals surface area contributed by atoms with Crippen LogP contribution in [0.15, 0.2) is 109 Å². The Bertz CT molecular complexity index is 2020. The Morgan fingerprint density at radius 3 is 2.33 bits per heavy atom. The van der Waals surface area contributed by atoms with Gasteiger partial charge in [0.25, 0.3) is 0 Å². The number of rotatable bonds is 1. The summed E-state index contributed by atoms with van der Waals surface area (Å²) in [7, 11) is 0. The molecule has 0 unspecified atom stereocenters. The van der Waals surface area contributed by atoms with Gasteiger partial charge in [-0.2, -0.15) is 0 Å². The molecule has 0 bridgehead atoms. The lowest BCUT2D eigenvalue weighted by Gasteiger charge is -2.24. The van der Waals surface area contributed by atoms with Crippen LogP contribution in [0.4, 0.5) is 0 Å². The molecule has 8 rings (SSSR count). The smallest absolute Gasteiger partial charge is 0.0722 e. The lowest BCUT2D eigenvalue weighted by Crippen LogP contribution is -2.15. The average molecular weight is 461 g/mol. The second-order valence-corrected chi connectivity index (χ2v) is 10.4. The monoisotopic (exact) mass is 460 g/mol. The third-order valence-corrected chi connectivity index (χ3v) is 8.17. The Morgan fingerprint density at radius 1 is 0.694 bits per heavy atom. The second-order valence-electron chi connectivity index (χ2n) is 10.4. The summed E-state index contributed by atoms with van der Waals surface area (Å²) < 4.78 is 2.45. The van der Waals surface area contributed by atoms with Gasteiger partial charge < -0.3 is 4.57 Å².